The second-order valence-corrected chi connectivity index (χ2v) is 7.47. The molecule has 0 aliphatic heterocycles. The predicted molar refractivity (Wildman–Crippen MR) is 104 cm³/mol. The van der Waals surface area contributed by atoms with Crippen LogP contribution in [0.5, 0.6) is 11.5 Å². The number of nitrogens with zero attached hydrogens (tertiary/aromatic N) is 4. The Labute approximate surface area is 171 Å². The normalized spacial score (nSPS) is 9.93. The summed E-state index contributed by atoms with van der Waals surface area (Å²) in [6.45, 7) is 3.79. The van der Waals surface area contributed by atoms with E-state index in [1.54, 1.807) is 24.5 Å². The van der Waals surface area contributed by atoms with Crippen LogP contribution in [0.4, 0.5) is 0 Å². The number of halogens is 2. The van der Waals surface area contributed by atoms with Crippen LogP contribution in [-0.2, 0) is 13.4 Å². The Balaban J connectivity index is 0.000000170. The Hall–Kier alpha value is -2.17. The molecule has 9 heteroatoms. The van der Waals surface area contributed by atoms with Crippen LogP contribution < -0.4 is 0 Å². The van der Waals surface area contributed by atoms with Crippen LogP contribution in [0.15, 0.2) is 48.8 Å². The molecule has 0 aliphatic carbocycles. The Morgan fingerprint density at radius 3 is 1.44 bits per heavy atom. The Bertz CT molecular complexity index is 967. The van der Waals surface area contributed by atoms with Gasteiger partial charge in [-0.1, -0.05) is 0 Å². The second-order valence-electron chi connectivity index (χ2n) is 5.37. The van der Waals surface area contributed by atoms with Gasteiger partial charge in [0, 0.05) is 23.8 Å². The molecule has 0 saturated heterocycles. The number of aryl methyl sites for hydroxylation is 2. The van der Waals surface area contributed by atoms with Gasteiger partial charge in [0.15, 0.2) is 11.3 Å². The summed E-state index contributed by atoms with van der Waals surface area (Å²) in [7, 11) is 9.65. The fraction of sp³-hybridized carbons (Fsp3) is 0.111. The second kappa shape index (κ2) is 10.2. The molecule has 0 saturated carbocycles. The van der Waals surface area contributed by atoms with E-state index < -0.39 is 0 Å². The first-order valence-electron chi connectivity index (χ1n) is 7.68. The van der Waals surface area contributed by atoms with Gasteiger partial charge in [-0.05, 0) is 50.2 Å². The van der Waals surface area contributed by atoms with Gasteiger partial charge in [-0.15, -0.1) is 0 Å². The van der Waals surface area contributed by atoms with E-state index in [1.165, 1.54) is 0 Å². The van der Waals surface area contributed by atoms with E-state index in [1.807, 2.05) is 38.1 Å². The van der Waals surface area contributed by atoms with Gasteiger partial charge < -0.3 is 10.2 Å². The van der Waals surface area contributed by atoms with Gasteiger partial charge in [-0.25, -0.2) is 19.9 Å². The topological polar surface area (TPSA) is 92.0 Å². The zero-order valence-corrected chi connectivity index (χ0v) is 17.3. The summed E-state index contributed by atoms with van der Waals surface area (Å²) in [5, 5.41) is 20.2. The first-order valence-corrected chi connectivity index (χ1v) is 11.2. The number of aromatic nitrogens is 4. The fourth-order valence-corrected chi connectivity index (χ4v) is 2.22. The molecule has 0 spiro atoms. The molecule has 0 fully saturated rings. The van der Waals surface area contributed by atoms with E-state index in [4.69, 9.17) is 20.1 Å². The quantitative estimate of drug-likeness (QED) is 0.411. The van der Waals surface area contributed by atoms with Gasteiger partial charge >= 0.3 is 33.5 Å². The van der Waals surface area contributed by atoms with Gasteiger partial charge in [-0.2, -0.15) is 0 Å². The number of rotatable bonds is 0. The number of hydrogen-bond acceptors (Lipinski definition) is 6. The maximum atomic E-state index is 9.38. The molecule has 0 aliphatic rings. The molecule has 0 unspecified atom stereocenters. The van der Waals surface area contributed by atoms with Crippen molar-refractivity contribution in [2.45, 2.75) is 13.8 Å². The molecule has 0 radical (unpaired) electrons. The van der Waals surface area contributed by atoms with Crippen molar-refractivity contribution in [3.8, 4) is 11.5 Å². The van der Waals surface area contributed by atoms with Gasteiger partial charge in [0.2, 0.25) is 0 Å². The van der Waals surface area contributed by atoms with E-state index in [9.17, 15) is 10.2 Å². The minimum absolute atomic E-state index is 0.181. The molecule has 4 rings (SSSR count). The summed E-state index contributed by atoms with van der Waals surface area (Å²) in [6, 6.07) is 10.5. The summed E-state index contributed by atoms with van der Waals surface area (Å²) < 4.78 is 0. The van der Waals surface area contributed by atoms with Crippen LogP contribution in [0, 0.1) is 13.8 Å². The SMILES string of the molecule is Cc1ccc2c(O)ccnc2n1.Cc1ccc2c(O)ccnc2n1.[Cl][Cr][Cl]. The van der Waals surface area contributed by atoms with Gasteiger partial charge in [0.25, 0.3) is 0 Å². The van der Waals surface area contributed by atoms with Crippen molar-refractivity contribution in [3.05, 3.63) is 60.2 Å². The first kappa shape index (κ1) is 21.1. The standard InChI is InChI=1S/2C9H8N2O.2ClH.Cr/c2*1-6-2-3-7-8(12)4-5-10-9(7)11-6;;;/h2*2-5H,1H3,(H,10,11,12);2*1H;/q;;;;+2/p-2. The molecule has 6 nitrogen and oxygen atoms in total. The summed E-state index contributed by atoms with van der Waals surface area (Å²) in [4.78, 5) is 16.4. The molecular weight excluding hydrogens is 427 g/mol. The van der Waals surface area contributed by atoms with Gasteiger partial charge in [0.1, 0.15) is 11.5 Å². The van der Waals surface area contributed by atoms with Crippen LogP contribution in [0.1, 0.15) is 11.4 Å². The third-order valence-electron chi connectivity index (χ3n) is 3.44. The molecular formula is C18H16Cl2CrN4O2. The fourth-order valence-electron chi connectivity index (χ4n) is 2.22. The molecule has 0 aromatic carbocycles. The van der Waals surface area contributed by atoms with E-state index in [2.05, 4.69) is 19.9 Å². The summed E-state index contributed by atoms with van der Waals surface area (Å²) in [5.41, 5.74) is 2.99. The van der Waals surface area contributed by atoms with Crippen molar-refractivity contribution in [1.29, 1.82) is 0 Å². The third kappa shape index (κ3) is 5.91. The van der Waals surface area contributed by atoms with E-state index in [-0.39, 0.29) is 24.9 Å². The molecule has 4 heterocycles. The van der Waals surface area contributed by atoms with Gasteiger partial charge in [0.05, 0.1) is 10.8 Å². The van der Waals surface area contributed by atoms with Crippen molar-refractivity contribution in [2.24, 2.45) is 0 Å². The number of aromatic hydroxyl groups is 2. The monoisotopic (exact) mass is 442 g/mol. The van der Waals surface area contributed by atoms with E-state index >= 15 is 0 Å². The van der Waals surface area contributed by atoms with Crippen LogP contribution in [0.25, 0.3) is 22.1 Å². The van der Waals surface area contributed by atoms with Crippen LogP contribution in [0.3, 0.4) is 0 Å². The van der Waals surface area contributed by atoms with Crippen molar-refractivity contribution < 1.29 is 23.6 Å². The number of pyridine rings is 4. The average molecular weight is 443 g/mol. The Kier molecular flexibility index (Phi) is 8.02. The summed E-state index contributed by atoms with van der Waals surface area (Å²) in [5.74, 6) is 0.458. The Morgan fingerprint density at radius 1 is 0.704 bits per heavy atom. The number of hydrogen-bond donors (Lipinski definition) is 2. The van der Waals surface area contributed by atoms with Crippen LogP contribution in [0.2, 0.25) is 0 Å². The van der Waals surface area contributed by atoms with Crippen molar-refractivity contribution in [3.63, 3.8) is 0 Å². The van der Waals surface area contributed by atoms with Crippen molar-refractivity contribution >= 4 is 42.2 Å². The zero-order chi connectivity index (χ0) is 19.8. The van der Waals surface area contributed by atoms with Crippen LogP contribution >= 0.6 is 20.1 Å². The average Bonchev–Trinajstić information content (AvgIpc) is 2.63. The molecule has 140 valence electrons. The molecule has 4 aromatic heterocycles. The summed E-state index contributed by atoms with van der Waals surface area (Å²) >= 11 is -0.181. The van der Waals surface area contributed by atoms with E-state index in [0.717, 1.165) is 11.4 Å². The molecule has 27 heavy (non-hydrogen) atoms. The van der Waals surface area contributed by atoms with Crippen molar-refractivity contribution in [1.82, 2.24) is 19.9 Å². The molecule has 0 atom stereocenters. The first-order chi connectivity index (χ1) is 13.0. The number of fused-ring (bicyclic) bond motifs is 2. The summed E-state index contributed by atoms with van der Waals surface area (Å²) in [6.07, 6.45) is 3.09. The van der Waals surface area contributed by atoms with Crippen LogP contribution in [-0.4, -0.2) is 30.1 Å². The maximum absolute atomic E-state index is 9.38. The molecule has 4 aromatic rings. The minimum atomic E-state index is -0.181. The molecule has 2 N–H and O–H groups in total. The Morgan fingerprint density at radius 2 is 1.07 bits per heavy atom. The van der Waals surface area contributed by atoms with E-state index in [0.29, 0.717) is 22.1 Å². The van der Waals surface area contributed by atoms with Crippen molar-refractivity contribution in [2.75, 3.05) is 0 Å². The zero-order valence-electron chi connectivity index (χ0n) is 14.5. The third-order valence-corrected chi connectivity index (χ3v) is 3.44. The molecule has 0 amide bonds. The van der Waals surface area contributed by atoms with Gasteiger partial charge in [-0.3, -0.25) is 0 Å². The predicted octanol–water partition coefficient (Wildman–Crippen LogP) is 4.66. The molecule has 0 bridgehead atoms.